The molecule has 0 bridgehead atoms. The number of hydrogen-bond donors (Lipinski definition) is 1. The van der Waals surface area contributed by atoms with E-state index in [9.17, 15) is 5.11 Å². The lowest BCUT2D eigenvalue weighted by Crippen LogP contribution is -2.35. The fraction of sp³-hybridized carbons (Fsp3) is 0.812. The maximum atomic E-state index is 10.9. The van der Waals surface area contributed by atoms with Crippen molar-refractivity contribution in [2.24, 2.45) is 18.4 Å². The Morgan fingerprint density at radius 1 is 1.35 bits per heavy atom. The molecule has 2 rings (SSSR count). The minimum Gasteiger partial charge on any atom is -0.392 e. The molecule has 114 valence electrons. The Kier molecular flexibility index (Phi) is 4.80. The van der Waals surface area contributed by atoms with Crippen LogP contribution in [0.1, 0.15) is 57.2 Å². The number of hydrogen-bond acceptors (Lipinski definition) is 2. The third-order valence-corrected chi connectivity index (χ3v) is 5.26. The Labute approximate surface area is 127 Å². The van der Waals surface area contributed by atoms with Crippen molar-refractivity contribution in [1.29, 1.82) is 0 Å². The van der Waals surface area contributed by atoms with Crippen LogP contribution in [0.15, 0.2) is 0 Å². The molecular weight excluding hydrogens is 272 g/mol. The average Bonchev–Trinajstić information content (AvgIpc) is 2.90. The zero-order chi connectivity index (χ0) is 14.9. The van der Waals surface area contributed by atoms with Gasteiger partial charge in [-0.15, -0.1) is 0 Å². The van der Waals surface area contributed by atoms with Crippen LogP contribution in [0.4, 0.5) is 0 Å². The summed E-state index contributed by atoms with van der Waals surface area (Å²) in [5.41, 5.74) is 2.03. The first kappa shape index (κ1) is 15.8. The molecule has 0 saturated heterocycles. The Bertz CT molecular complexity index is 461. The summed E-state index contributed by atoms with van der Waals surface area (Å²) < 4.78 is 1.70. The highest BCUT2D eigenvalue weighted by Gasteiger charge is 2.41. The number of halogens is 1. The number of aryl methyl sites for hydroxylation is 2. The van der Waals surface area contributed by atoms with Gasteiger partial charge in [0.15, 0.2) is 0 Å². The summed E-state index contributed by atoms with van der Waals surface area (Å²) in [6, 6.07) is 0. The summed E-state index contributed by atoms with van der Waals surface area (Å²) in [6.45, 7) is 6.46. The predicted molar refractivity (Wildman–Crippen MR) is 83.0 cm³/mol. The van der Waals surface area contributed by atoms with Gasteiger partial charge in [-0.1, -0.05) is 38.3 Å². The molecule has 4 heteroatoms. The number of aromatic nitrogens is 2. The lowest BCUT2D eigenvalue weighted by Gasteiger charge is -2.36. The molecule has 1 unspecified atom stereocenters. The van der Waals surface area contributed by atoms with Crippen molar-refractivity contribution < 1.29 is 5.11 Å². The second-order valence-corrected chi connectivity index (χ2v) is 7.22. The Balaban J connectivity index is 2.18. The van der Waals surface area contributed by atoms with Crippen LogP contribution >= 0.6 is 11.6 Å². The van der Waals surface area contributed by atoms with Gasteiger partial charge in [-0.05, 0) is 37.5 Å². The topological polar surface area (TPSA) is 38.0 Å². The van der Waals surface area contributed by atoms with Crippen LogP contribution in [-0.4, -0.2) is 21.0 Å². The molecule has 1 N–H and O–H groups in total. The number of aliphatic hydroxyl groups is 1. The van der Waals surface area contributed by atoms with E-state index in [-0.39, 0.29) is 11.5 Å². The van der Waals surface area contributed by atoms with Crippen LogP contribution in [0, 0.1) is 18.3 Å². The minimum absolute atomic E-state index is 0.0831. The van der Waals surface area contributed by atoms with E-state index in [0.29, 0.717) is 17.5 Å². The van der Waals surface area contributed by atoms with Crippen molar-refractivity contribution >= 4 is 11.6 Å². The molecule has 1 aromatic heterocycles. The first-order valence-corrected chi connectivity index (χ1v) is 8.09. The Hall–Kier alpha value is -0.540. The molecule has 0 aliphatic heterocycles. The lowest BCUT2D eigenvalue weighted by molar-refractivity contribution is 0.0133. The molecule has 1 aromatic rings. The average molecular weight is 299 g/mol. The summed E-state index contributed by atoms with van der Waals surface area (Å²) in [5.74, 6) is 0.619. The molecule has 0 aromatic carbocycles. The van der Waals surface area contributed by atoms with E-state index < -0.39 is 0 Å². The van der Waals surface area contributed by atoms with E-state index in [2.05, 4.69) is 18.9 Å². The van der Waals surface area contributed by atoms with Crippen molar-refractivity contribution in [3.63, 3.8) is 0 Å². The van der Waals surface area contributed by atoms with Gasteiger partial charge in [0.1, 0.15) is 5.15 Å². The second kappa shape index (κ2) is 6.07. The van der Waals surface area contributed by atoms with Crippen molar-refractivity contribution in [3.8, 4) is 0 Å². The van der Waals surface area contributed by atoms with Crippen molar-refractivity contribution in [2.45, 2.75) is 65.4 Å². The van der Waals surface area contributed by atoms with Gasteiger partial charge in [0.25, 0.3) is 0 Å². The summed E-state index contributed by atoms with van der Waals surface area (Å²) in [5, 5.41) is 15.9. The maximum Gasteiger partial charge on any atom is 0.130 e. The molecule has 20 heavy (non-hydrogen) atoms. The highest BCUT2D eigenvalue weighted by molar-refractivity contribution is 6.30. The van der Waals surface area contributed by atoms with Crippen LogP contribution in [0.5, 0.6) is 0 Å². The molecule has 1 heterocycles. The minimum atomic E-state index is -0.312. The summed E-state index contributed by atoms with van der Waals surface area (Å²) >= 11 is 6.31. The molecule has 0 radical (unpaired) electrons. The van der Waals surface area contributed by atoms with Crippen LogP contribution in [0.2, 0.25) is 5.15 Å². The van der Waals surface area contributed by atoms with Gasteiger partial charge in [0.2, 0.25) is 0 Å². The van der Waals surface area contributed by atoms with Gasteiger partial charge in [-0.25, -0.2) is 0 Å². The fourth-order valence-electron chi connectivity index (χ4n) is 3.88. The van der Waals surface area contributed by atoms with Gasteiger partial charge >= 0.3 is 0 Å². The molecular formula is C16H27ClN2O. The lowest BCUT2D eigenvalue weighted by atomic mass is 9.72. The van der Waals surface area contributed by atoms with Crippen LogP contribution in [0.25, 0.3) is 0 Å². The smallest absolute Gasteiger partial charge is 0.130 e. The van der Waals surface area contributed by atoms with Crippen LogP contribution < -0.4 is 0 Å². The zero-order valence-electron chi connectivity index (χ0n) is 13.1. The second-order valence-electron chi connectivity index (χ2n) is 6.87. The highest BCUT2D eigenvalue weighted by Crippen LogP contribution is 2.47. The summed E-state index contributed by atoms with van der Waals surface area (Å²) in [4.78, 5) is 0. The first-order valence-electron chi connectivity index (χ1n) is 7.72. The van der Waals surface area contributed by atoms with Crippen LogP contribution in [0.3, 0.4) is 0 Å². The summed E-state index contributed by atoms with van der Waals surface area (Å²) in [6.07, 6.45) is 6.18. The quantitative estimate of drug-likeness (QED) is 0.895. The van der Waals surface area contributed by atoms with Gasteiger partial charge in [0.05, 0.1) is 11.8 Å². The zero-order valence-corrected chi connectivity index (χ0v) is 13.9. The normalized spacial score (nSPS) is 19.8. The van der Waals surface area contributed by atoms with E-state index in [0.717, 1.165) is 30.5 Å². The molecule has 1 fully saturated rings. The fourth-order valence-corrected chi connectivity index (χ4v) is 4.13. The monoisotopic (exact) mass is 298 g/mol. The van der Waals surface area contributed by atoms with E-state index in [1.54, 1.807) is 4.68 Å². The molecule has 3 nitrogen and oxygen atoms in total. The maximum absolute atomic E-state index is 10.9. The predicted octanol–water partition coefficient (Wildman–Crippen LogP) is 3.89. The number of rotatable bonds is 5. The first-order chi connectivity index (χ1) is 9.35. The SMILES string of the molecule is Cc1nn(C)c(Cl)c1CC(O)C1(CC(C)C)CCCC1. The largest absolute Gasteiger partial charge is 0.392 e. The molecule has 1 atom stereocenters. The molecule has 1 saturated carbocycles. The Morgan fingerprint density at radius 2 is 1.95 bits per heavy atom. The van der Waals surface area contributed by atoms with Gasteiger partial charge < -0.3 is 5.11 Å². The summed E-state index contributed by atoms with van der Waals surface area (Å²) in [7, 11) is 1.85. The number of aliphatic hydroxyl groups excluding tert-OH is 1. The van der Waals surface area contributed by atoms with Gasteiger partial charge in [-0.3, -0.25) is 4.68 Å². The molecule has 1 aliphatic rings. The highest BCUT2D eigenvalue weighted by atomic mass is 35.5. The standard InChI is InChI=1S/C16H27ClN2O/c1-11(2)10-16(7-5-6-8-16)14(20)9-13-12(3)18-19(4)15(13)17/h11,14,20H,5-10H2,1-4H3. The molecule has 0 spiro atoms. The van der Waals surface area contributed by atoms with Crippen molar-refractivity contribution in [1.82, 2.24) is 9.78 Å². The molecule has 0 amide bonds. The van der Waals surface area contributed by atoms with Crippen molar-refractivity contribution in [3.05, 3.63) is 16.4 Å². The van der Waals surface area contributed by atoms with Gasteiger partial charge in [0, 0.05) is 19.0 Å². The van der Waals surface area contributed by atoms with Crippen molar-refractivity contribution in [2.75, 3.05) is 0 Å². The van der Waals surface area contributed by atoms with E-state index in [1.165, 1.54) is 12.8 Å². The molecule has 1 aliphatic carbocycles. The number of nitrogens with zero attached hydrogens (tertiary/aromatic N) is 2. The Morgan fingerprint density at radius 3 is 2.40 bits per heavy atom. The van der Waals surface area contributed by atoms with Gasteiger partial charge in [-0.2, -0.15) is 5.10 Å². The van der Waals surface area contributed by atoms with E-state index >= 15 is 0 Å². The third-order valence-electron chi connectivity index (χ3n) is 4.79. The van der Waals surface area contributed by atoms with E-state index in [4.69, 9.17) is 11.6 Å². The van der Waals surface area contributed by atoms with E-state index in [1.807, 2.05) is 14.0 Å². The third kappa shape index (κ3) is 3.04. The van der Waals surface area contributed by atoms with Crippen LogP contribution in [-0.2, 0) is 13.5 Å².